The zero-order valence-corrected chi connectivity index (χ0v) is 16.3. The van der Waals surface area contributed by atoms with Crippen molar-refractivity contribution >= 4 is 0 Å². The Hall–Kier alpha value is -1.36. The van der Waals surface area contributed by atoms with E-state index < -0.39 is 6.10 Å². The second-order valence-electron chi connectivity index (χ2n) is 8.29. The third-order valence-corrected chi connectivity index (χ3v) is 6.29. The Labute approximate surface area is 157 Å². The summed E-state index contributed by atoms with van der Waals surface area (Å²) < 4.78 is 11.0. The van der Waals surface area contributed by atoms with Gasteiger partial charge in [-0.15, -0.1) is 0 Å². The van der Waals surface area contributed by atoms with Crippen molar-refractivity contribution in [3.63, 3.8) is 0 Å². The predicted molar refractivity (Wildman–Crippen MR) is 104 cm³/mol. The second-order valence-corrected chi connectivity index (χ2v) is 8.29. The number of allylic oxidation sites excluding steroid dienone is 1. The van der Waals surface area contributed by atoms with Crippen LogP contribution in [0.15, 0.2) is 35.9 Å². The molecule has 0 radical (unpaired) electrons. The highest BCUT2D eigenvalue weighted by atomic mass is 16.5. The Morgan fingerprint density at radius 1 is 1.27 bits per heavy atom. The van der Waals surface area contributed by atoms with Crippen LogP contribution in [0.4, 0.5) is 0 Å². The molecule has 1 aromatic rings. The van der Waals surface area contributed by atoms with Crippen molar-refractivity contribution in [2.24, 2.45) is 17.3 Å². The van der Waals surface area contributed by atoms with E-state index in [0.717, 1.165) is 24.6 Å². The predicted octanol–water partition coefficient (Wildman–Crippen LogP) is 3.20. The molecule has 0 aliphatic heterocycles. The maximum Gasteiger partial charge on any atom is 0.118 e. The summed E-state index contributed by atoms with van der Waals surface area (Å²) in [6, 6.07) is 8.10. The van der Waals surface area contributed by atoms with Crippen molar-refractivity contribution in [2.75, 3.05) is 33.4 Å². The molecule has 4 rings (SSSR count). The lowest BCUT2D eigenvalue weighted by Crippen LogP contribution is -2.48. The van der Waals surface area contributed by atoms with Crippen molar-refractivity contribution in [3.05, 3.63) is 41.5 Å². The zero-order chi connectivity index (χ0) is 18.6. The van der Waals surface area contributed by atoms with E-state index in [1.54, 1.807) is 7.11 Å². The van der Waals surface area contributed by atoms with Gasteiger partial charge in [0.1, 0.15) is 5.75 Å². The molecule has 1 aromatic carbocycles. The molecule has 3 atom stereocenters. The Kier molecular flexibility index (Phi) is 6.38. The van der Waals surface area contributed by atoms with E-state index in [4.69, 9.17) is 9.47 Å². The fraction of sp³-hybridized carbons (Fsp3) is 0.636. The molecule has 1 fully saturated rings. The van der Waals surface area contributed by atoms with Crippen molar-refractivity contribution in [2.45, 2.75) is 39.2 Å². The monoisotopic (exact) mass is 359 g/mol. The van der Waals surface area contributed by atoms with Gasteiger partial charge in [0.05, 0.1) is 26.4 Å². The molecule has 3 aliphatic carbocycles. The Morgan fingerprint density at radius 3 is 2.69 bits per heavy atom. The number of benzene rings is 1. The van der Waals surface area contributed by atoms with Gasteiger partial charge in [-0.2, -0.15) is 0 Å². The van der Waals surface area contributed by atoms with Crippen molar-refractivity contribution in [1.82, 2.24) is 5.32 Å². The number of ether oxygens (including phenoxy) is 2. The van der Waals surface area contributed by atoms with E-state index in [-0.39, 0.29) is 0 Å². The van der Waals surface area contributed by atoms with Gasteiger partial charge in [0.15, 0.2) is 0 Å². The minimum atomic E-state index is -0.461. The number of hydrogen-bond acceptors (Lipinski definition) is 4. The normalized spacial score (nSPS) is 24.5. The van der Waals surface area contributed by atoms with Crippen molar-refractivity contribution < 1.29 is 14.6 Å². The number of hydrogen-bond donors (Lipinski definition) is 2. The van der Waals surface area contributed by atoms with E-state index in [1.165, 1.54) is 24.0 Å². The fourth-order valence-electron chi connectivity index (χ4n) is 4.31. The van der Waals surface area contributed by atoms with E-state index in [2.05, 4.69) is 37.4 Å². The van der Waals surface area contributed by atoms with Gasteiger partial charge >= 0.3 is 0 Å². The van der Waals surface area contributed by atoms with Gasteiger partial charge in [0, 0.05) is 6.54 Å². The number of nitrogens with one attached hydrogen (secondary N) is 1. The van der Waals surface area contributed by atoms with Crippen LogP contribution in [0, 0.1) is 17.3 Å². The highest BCUT2D eigenvalue weighted by Crippen LogP contribution is 2.59. The topological polar surface area (TPSA) is 50.7 Å². The molecule has 0 aromatic heterocycles. The molecule has 0 amide bonds. The molecule has 4 heteroatoms. The quantitative estimate of drug-likeness (QED) is 0.498. The average Bonchev–Trinajstić information content (AvgIpc) is 2.65. The van der Waals surface area contributed by atoms with Gasteiger partial charge in [-0.1, -0.05) is 32.1 Å². The number of aliphatic hydroxyl groups excluding tert-OH is 1. The standard InChI is InChI=1S/C22H33NO3/c1-22(2)18-7-6-17(21(22)12-18)14-26-15-19(24)13-23-11-10-16-4-8-20(25-3)9-5-16/h4-6,8-9,18-19,21,23-24H,7,10-15H2,1-3H3/t18-,19-,21+/m1/s1. The summed E-state index contributed by atoms with van der Waals surface area (Å²) in [5.41, 5.74) is 3.14. The van der Waals surface area contributed by atoms with Crippen molar-refractivity contribution in [1.29, 1.82) is 0 Å². The Bertz CT molecular complexity index is 608. The fourth-order valence-corrected chi connectivity index (χ4v) is 4.31. The van der Waals surface area contributed by atoms with E-state index in [1.807, 2.05) is 12.1 Å². The Balaban J connectivity index is 1.27. The maximum absolute atomic E-state index is 10.1. The third-order valence-electron chi connectivity index (χ3n) is 6.29. The van der Waals surface area contributed by atoms with E-state index in [9.17, 15) is 5.11 Å². The van der Waals surface area contributed by atoms with Gasteiger partial charge in [-0.05, 0) is 66.3 Å². The lowest BCUT2D eigenvalue weighted by Gasteiger charge is -2.56. The third kappa shape index (κ3) is 4.48. The molecule has 4 nitrogen and oxygen atoms in total. The van der Waals surface area contributed by atoms with E-state index >= 15 is 0 Å². The van der Waals surface area contributed by atoms with Crippen LogP contribution in [0.1, 0.15) is 32.3 Å². The summed E-state index contributed by atoms with van der Waals surface area (Å²) in [5, 5.41) is 13.4. The van der Waals surface area contributed by atoms with Gasteiger partial charge < -0.3 is 19.9 Å². The first-order valence-corrected chi connectivity index (χ1v) is 9.79. The molecule has 0 spiro atoms. The highest BCUT2D eigenvalue weighted by Gasteiger charge is 2.50. The molecule has 1 saturated carbocycles. The highest BCUT2D eigenvalue weighted by molar-refractivity contribution is 5.27. The average molecular weight is 360 g/mol. The minimum Gasteiger partial charge on any atom is -0.497 e. The van der Waals surface area contributed by atoms with Crippen LogP contribution >= 0.6 is 0 Å². The van der Waals surface area contributed by atoms with Crippen LogP contribution in [-0.2, 0) is 11.2 Å². The first-order valence-electron chi connectivity index (χ1n) is 9.79. The number of fused-ring (bicyclic) bond motifs is 1. The molecule has 2 bridgehead atoms. The zero-order valence-electron chi connectivity index (χ0n) is 16.3. The van der Waals surface area contributed by atoms with Crippen LogP contribution < -0.4 is 10.1 Å². The van der Waals surface area contributed by atoms with Gasteiger partial charge in [0.2, 0.25) is 0 Å². The first-order chi connectivity index (χ1) is 12.5. The summed E-state index contributed by atoms with van der Waals surface area (Å²) in [6.07, 6.45) is 5.35. The first kappa shape index (κ1) is 19.4. The van der Waals surface area contributed by atoms with Gasteiger partial charge in [-0.25, -0.2) is 0 Å². The Morgan fingerprint density at radius 2 is 2.04 bits per heavy atom. The summed E-state index contributed by atoms with van der Waals surface area (Å²) in [7, 11) is 1.68. The number of aliphatic hydroxyl groups is 1. The van der Waals surface area contributed by atoms with Gasteiger partial charge in [-0.3, -0.25) is 0 Å². The number of methoxy groups -OCH3 is 1. The largest absolute Gasteiger partial charge is 0.497 e. The van der Waals surface area contributed by atoms with Crippen LogP contribution in [0.25, 0.3) is 0 Å². The molecule has 0 heterocycles. The summed E-state index contributed by atoms with van der Waals surface area (Å²) in [6.45, 7) is 7.21. The van der Waals surface area contributed by atoms with Crippen LogP contribution in [0.5, 0.6) is 5.75 Å². The summed E-state index contributed by atoms with van der Waals surface area (Å²) >= 11 is 0. The van der Waals surface area contributed by atoms with Crippen LogP contribution in [-0.4, -0.2) is 44.6 Å². The molecule has 26 heavy (non-hydrogen) atoms. The lowest BCUT2D eigenvalue weighted by molar-refractivity contribution is -0.0235. The van der Waals surface area contributed by atoms with E-state index in [0.29, 0.717) is 31.1 Å². The lowest BCUT2D eigenvalue weighted by atomic mass is 9.49. The molecule has 144 valence electrons. The summed E-state index contributed by atoms with van der Waals surface area (Å²) in [4.78, 5) is 0. The summed E-state index contributed by atoms with van der Waals surface area (Å²) in [5.74, 6) is 2.42. The molecular weight excluding hydrogens is 326 g/mol. The molecule has 0 saturated heterocycles. The number of rotatable bonds is 10. The molecule has 2 N–H and O–H groups in total. The molecule has 3 aliphatic rings. The maximum atomic E-state index is 10.1. The van der Waals surface area contributed by atoms with Crippen LogP contribution in [0.3, 0.4) is 0 Å². The van der Waals surface area contributed by atoms with Crippen molar-refractivity contribution in [3.8, 4) is 5.75 Å². The minimum absolute atomic E-state index is 0.392. The molecule has 0 unspecified atom stereocenters. The smallest absolute Gasteiger partial charge is 0.118 e. The SMILES string of the molecule is COc1ccc(CCNC[C@@H](O)COCC2=CC[C@@H]3C[C@@H]2C3(C)C)cc1. The second kappa shape index (κ2) is 8.55. The van der Waals surface area contributed by atoms with Gasteiger partial charge in [0.25, 0.3) is 0 Å². The van der Waals surface area contributed by atoms with Crippen LogP contribution in [0.2, 0.25) is 0 Å². The molecular formula is C22H33NO3.